The van der Waals surface area contributed by atoms with Crippen LogP contribution in [0.5, 0.6) is 0 Å². The molecule has 0 radical (unpaired) electrons. The molecule has 2 rings (SSSR count). The van der Waals surface area contributed by atoms with Gasteiger partial charge < -0.3 is 0 Å². The molecule has 0 aliphatic heterocycles. The van der Waals surface area contributed by atoms with E-state index in [-0.39, 0.29) is 6.19 Å². The quantitative estimate of drug-likeness (QED) is 0.106. The van der Waals surface area contributed by atoms with Crippen molar-refractivity contribution in [3.8, 4) is 0 Å². The smallest absolute Gasteiger partial charge is 0.279 e. The van der Waals surface area contributed by atoms with Gasteiger partial charge in [0.1, 0.15) is 0 Å². The maximum Gasteiger partial charge on any atom is 0.522 e. The molecule has 0 spiro atoms. The Morgan fingerprint density at radius 2 is 0.842 bits per heavy atom. The molecule has 0 saturated carbocycles. The Kier molecular flexibility index (Phi) is 17.8. The Bertz CT molecular complexity index is 1120. The average molecular weight is 649 g/mol. The van der Waals surface area contributed by atoms with E-state index in [0.717, 1.165) is 0 Å². The van der Waals surface area contributed by atoms with Crippen LogP contribution >= 0.6 is 0 Å². The molecule has 220 valence electrons. The van der Waals surface area contributed by atoms with Crippen LogP contribution in [0, 0.1) is 55.4 Å². The van der Waals surface area contributed by atoms with E-state index in [1.54, 1.807) is 0 Å². The van der Waals surface area contributed by atoms with Crippen molar-refractivity contribution in [1.82, 2.24) is 0 Å². The fourth-order valence-corrected chi connectivity index (χ4v) is 2.27. The molecule has 0 fully saturated rings. The van der Waals surface area contributed by atoms with Crippen molar-refractivity contribution in [2.24, 2.45) is 0 Å². The molecule has 0 bridgehead atoms. The molecule has 0 amide bonds. The maximum atomic E-state index is 10.7. The van der Waals surface area contributed by atoms with Gasteiger partial charge in [0.25, 0.3) is 0 Å². The van der Waals surface area contributed by atoms with Crippen LogP contribution in [0.15, 0.2) is 12.1 Å². The minimum Gasteiger partial charge on any atom is -0.279 e. The van der Waals surface area contributed by atoms with Crippen LogP contribution < -0.4 is 0 Å². The molecule has 2 N–H and O–H groups in total. The van der Waals surface area contributed by atoms with Gasteiger partial charge in [-0.2, -0.15) is 99.8 Å². The predicted molar refractivity (Wildman–Crippen MR) is 135 cm³/mol. The summed E-state index contributed by atoms with van der Waals surface area (Å²) in [6.45, 7) is 21.9. The van der Waals surface area contributed by atoms with Gasteiger partial charge in [-0.05, 0) is 0 Å². The summed E-state index contributed by atoms with van der Waals surface area (Å²) in [5.74, 6) is 0. The fourth-order valence-electron chi connectivity index (χ4n) is 2.27. The summed E-state index contributed by atoms with van der Waals surface area (Å²) in [5, 5.41) is 0. The molecule has 38 heavy (non-hydrogen) atoms. The van der Waals surface area contributed by atoms with Gasteiger partial charge in [-0.15, -0.1) is 0 Å². The molecule has 2 aromatic carbocycles. The van der Waals surface area contributed by atoms with Crippen LogP contribution in [0.2, 0.25) is 13.1 Å². The fraction of sp³-hybridized carbons (Fsp3) is 0.545. The second-order valence-corrected chi connectivity index (χ2v) is 17.9. The van der Waals surface area contributed by atoms with Crippen LogP contribution in [0.4, 0.5) is 26.3 Å². The standard InChI is InChI=1S/2C9H13.C2H6Si.2CHF3O3S.Ti/c2*1-6-5-7(2)9(4)8(6)3;1-3-2;2*2-1(3,4)8(5,6)7;/h2*5H,1-4H3;1-2H3;2*(H,5,6,7);/q2*-1;;;;+2. The monoisotopic (exact) mass is 648 g/mol. The van der Waals surface area contributed by atoms with Crippen molar-refractivity contribution in [3.63, 3.8) is 0 Å². The van der Waals surface area contributed by atoms with Crippen molar-refractivity contribution in [1.29, 1.82) is 0 Å². The van der Waals surface area contributed by atoms with E-state index in [9.17, 15) is 26.3 Å². The Morgan fingerprint density at radius 1 is 0.684 bits per heavy atom. The summed E-state index contributed by atoms with van der Waals surface area (Å²) in [6.07, 6.45) is 0.120. The molecule has 0 aromatic heterocycles. The first kappa shape index (κ1) is 41.5. The SMILES string of the molecule is C[Si](C)=[Ti+2].Cc1c[c-](C)c(C)c1C.Cc1c[c-](C)c(C)c1C.O=S(=O)(O)C(F)(F)F.O=S(=O)(O)C(F)(F)F. The molecule has 6 nitrogen and oxygen atoms in total. The van der Waals surface area contributed by atoms with Crippen LogP contribution in [0.25, 0.3) is 0 Å². The second kappa shape index (κ2) is 16.3. The third-order valence-corrected chi connectivity index (χ3v) is 6.11. The summed E-state index contributed by atoms with van der Waals surface area (Å²) in [4.78, 5) is 0. The van der Waals surface area contributed by atoms with E-state index in [4.69, 9.17) is 25.9 Å². The molecule has 0 heterocycles. The summed E-state index contributed by atoms with van der Waals surface area (Å²) in [6, 6.07) is 4.48. The maximum absolute atomic E-state index is 10.7. The third kappa shape index (κ3) is 16.9. The molecule has 0 aliphatic carbocycles. The zero-order valence-electron chi connectivity index (χ0n) is 22.8. The normalized spacial score (nSPS) is 11.5. The largest absolute Gasteiger partial charge is 0.522 e. The van der Waals surface area contributed by atoms with E-state index in [1.165, 1.54) is 44.5 Å². The molecule has 2 aromatic rings. The molecular formula is C22H34F6O6S2SiTi. The van der Waals surface area contributed by atoms with Crippen LogP contribution in [0.3, 0.4) is 0 Å². The molecule has 0 aliphatic rings. The first-order valence-electron chi connectivity index (χ1n) is 10.5. The number of hydrogen-bond donors (Lipinski definition) is 2. The van der Waals surface area contributed by atoms with E-state index >= 15 is 0 Å². The molecular weight excluding hydrogens is 614 g/mol. The third-order valence-electron chi connectivity index (χ3n) is 4.94. The van der Waals surface area contributed by atoms with Crippen molar-refractivity contribution < 1.29 is 71.5 Å². The first-order chi connectivity index (χ1) is 16.5. The summed E-state index contributed by atoms with van der Waals surface area (Å²) < 4.78 is 115. The van der Waals surface area contributed by atoms with Gasteiger partial charge in [-0.25, -0.2) is 0 Å². The van der Waals surface area contributed by atoms with Crippen molar-refractivity contribution in [2.45, 2.75) is 79.5 Å². The molecule has 16 heteroatoms. The summed E-state index contributed by atoms with van der Waals surface area (Å²) in [5.41, 5.74) is 0.421. The topological polar surface area (TPSA) is 109 Å². The van der Waals surface area contributed by atoms with E-state index in [2.05, 4.69) is 99.8 Å². The van der Waals surface area contributed by atoms with Gasteiger partial charge in [-0.3, -0.25) is 9.11 Å². The molecule has 0 saturated heterocycles. The Morgan fingerprint density at radius 3 is 0.868 bits per heavy atom. The Balaban J connectivity index is -0.000000411. The molecule has 0 atom stereocenters. The number of halogens is 6. The minimum atomic E-state index is -5.84. The summed E-state index contributed by atoms with van der Waals surface area (Å²) >= 11 is 2.27. The van der Waals surface area contributed by atoms with Crippen molar-refractivity contribution in [3.05, 3.63) is 56.6 Å². The van der Waals surface area contributed by atoms with E-state index in [0.29, 0.717) is 0 Å². The van der Waals surface area contributed by atoms with Crippen LogP contribution in [0.1, 0.15) is 44.5 Å². The Hall–Kier alpha value is -0.969. The second-order valence-electron chi connectivity index (χ2n) is 8.36. The van der Waals surface area contributed by atoms with E-state index < -0.39 is 31.3 Å². The number of rotatable bonds is 0. The summed E-state index contributed by atoms with van der Waals surface area (Å²) in [7, 11) is -11.7. The number of aryl methyl sites for hydroxylation is 4. The first-order valence-corrected chi connectivity index (χ1v) is 18.2. The van der Waals surface area contributed by atoms with Gasteiger partial charge in [0.2, 0.25) is 0 Å². The predicted octanol–water partition coefficient (Wildman–Crippen LogP) is 6.85. The van der Waals surface area contributed by atoms with Gasteiger partial charge in [-0.1, -0.05) is 55.4 Å². The number of alkyl halides is 6. The number of hydrogen-bond acceptors (Lipinski definition) is 4. The molecule has 0 unspecified atom stereocenters. The van der Waals surface area contributed by atoms with Gasteiger partial charge >= 0.3 is 69.7 Å². The minimum absolute atomic E-state index is 0.120. The zero-order chi connectivity index (χ0) is 31.6. The van der Waals surface area contributed by atoms with Crippen molar-refractivity contribution in [2.75, 3.05) is 0 Å². The Labute approximate surface area is 233 Å². The van der Waals surface area contributed by atoms with Crippen molar-refractivity contribution >= 4 is 26.4 Å². The van der Waals surface area contributed by atoms with Gasteiger partial charge in [0.15, 0.2) is 0 Å². The average Bonchev–Trinajstić information content (AvgIpc) is 3.03. The van der Waals surface area contributed by atoms with Crippen LogP contribution in [-0.2, 0) is 39.4 Å². The van der Waals surface area contributed by atoms with Gasteiger partial charge in [0, 0.05) is 0 Å². The van der Waals surface area contributed by atoms with E-state index in [1.807, 2.05) is 0 Å². The van der Waals surface area contributed by atoms with Crippen LogP contribution in [-0.4, -0.2) is 43.1 Å². The van der Waals surface area contributed by atoms with Gasteiger partial charge in [0.05, 0.1) is 0 Å². The zero-order valence-corrected chi connectivity index (χ0v) is 27.0.